The molecule has 0 fully saturated rings. The van der Waals surface area contributed by atoms with Crippen molar-refractivity contribution in [1.29, 1.82) is 0 Å². The van der Waals surface area contributed by atoms with Gasteiger partial charge in [-0.15, -0.1) is 0 Å². The van der Waals surface area contributed by atoms with Gasteiger partial charge in [0.05, 0.1) is 17.8 Å². The van der Waals surface area contributed by atoms with E-state index in [1.54, 1.807) is 23.2 Å². The maximum atomic E-state index is 13.6. The van der Waals surface area contributed by atoms with E-state index in [4.69, 9.17) is 10.7 Å². The first-order chi connectivity index (χ1) is 15.4. The summed E-state index contributed by atoms with van der Waals surface area (Å²) in [6.45, 7) is 4.94. The monoisotopic (exact) mass is 433 g/mol. The van der Waals surface area contributed by atoms with Crippen LogP contribution in [0.1, 0.15) is 19.7 Å². The average molecular weight is 433 g/mol. The summed E-state index contributed by atoms with van der Waals surface area (Å²) in [5, 5.41) is 3.51. The molecule has 4 heterocycles. The van der Waals surface area contributed by atoms with Crippen molar-refractivity contribution in [3.05, 3.63) is 66.6 Å². The summed E-state index contributed by atoms with van der Waals surface area (Å²) in [5.41, 5.74) is 8.05. The first-order valence-corrected chi connectivity index (χ1v) is 10.5. The van der Waals surface area contributed by atoms with Gasteiger partial charge < -0.3 is 24.9 Å². The zero-order valence-electron chi connectivity index (χ0n) is 17.9. The molecule has 0 spiro atoms. The van der Waals surface area contributed by atoms with Crippen molar-refractivity contribution in [3.8, 4) is 11.3 Å². The van der Waals surface area contributed by atoms with Crippen LogP contribution >= 0.6 is 0 Å². The molecule has 1 aromatic carbocycles. The standard InChI is InChI=1S/C23H24FN7O/c1-23(2)22-28-19(15-5-7-16(24)8-6-15)21(30(22)12-13-31(23)18(32)14-25)27-17-4-3-10-29-11-9-26-20(17)29/h3-11,27H,12-14,25H2,1-2H3. The van der Waals surface area contributed by atoms with E-state index in [2.05, 4.69) is 14.9 Å². The highest BCUT2D eigenvalue weighted by Gasteiger charge is 2.41. The minimum absolute atomic E-state index is 0.0536. The van der Waals surface area contributed by atoms with Crippen LogP contribution in [0.25, 0.3) is 16.9 Å². The van der Waals surface area contributed by atoms with E-state index in [0.29, 0.717) is 18.8 Å². The smallest absolute Gasteiger partial charge is 0.237 e. The molecule has 0 unspecified atom stereocenters. The maximum absolute atomic E-state index is 13.6. The number of imidazole rings is 2. The van der Waals surface area contributed by atoms with Gasteiger partial charge in [-0.05, 0) is 50.2 Å². The molecule has 5 rings (SSSR count). The number of benzene rings is 1. The van der Waals surface area contributed by atoms with Crippen molar-refractivity contribution < 1.29 is 9.18 Å². The lowest BCUT2D eigenvalue weighted by atomic mass is 9.99. The third-order valence-corrected chi connectivity index (χ3v) is 6.00. The molecule has 0 atom stereocenters. The SMILES string of the molecule is CC1(C)c2nc(-c3ccc(F)cc3)c(Nc3cccn4ccnc34)n2CCN1C(=O)CN. The third kappa shape index (κ3) is 3.13. The van der Waals surface area contributed by atoms with Crippen LogP contribution < -0.4 is 11.1 Å². The second kappa shape index (κ2) is 7.45. The topological polar surface area (TPSA) is 93.5 Å². The van der Waals surface area contributed by atoms with Gasteiger partial charge in [-0.25, -0.2) is 14.4 Å². The molecular weight excluding hydrogens is 409 g/mol. The molecule has 1 amide bonds. The number of carbonyl (C=O) groups excluding carboxylic acids is 1. The minimum Gasteiger partial charge on any atom is -0.337 e. The zero-order chi connectivity index (χ0) is 22.5. The number of nitrogens with zero attached hydrogens (tertiary/aromatic N) is 5. The van der Waals surface area contributed by atoms with Gasteiger partial charge in [-0.1, -0.05) is 0 Å². The highest BCUT2D eigenvalue weighted by molar-refractivity contribution is 5.82. The van der Waals surface area contributed by atoms with Gasteiger partial charge in [0.15, 0.2) is 5.65 Å². The summed E-state index contributed by atoms with van der Waals surface area (Å²) < 4.78 is 17.6. The number of carbonyl (C=O) groups is 1. The molecule has 0 aliphatic carbocycles. The van der Waals surface area contributed by atoms with E-state index < -0.39 is 5.54 Å². The van der Waals surface area contributed by atoms with Crippen LogP contribution in [0.15, 0.2) is 55.0 Å². The van der Waals surface area contributed by atoms with Gasteiger partial charge in [0.25, 0.3) is 0 Å². The van der Waals surface area contributed by atoms with E-state index in [0.717, 1.165) is 28.5 Å². The Kier molecular flexibility index (Phi) is 4.70. The second-order valence-corrected chi connectivity index (χ2v) is 8.30. The third-order valence-electron chi connectivity index (χ3n) is 6.00. The van der Waals surface area contributed by atoms with Gasteiger partial charge in [-0.2, -0.15) is 0 Å². The van der Waals surface area contributed by atoms with Crippen molar-refractivity contribution in [2.45, 2.75) is 25.9 Å². The number of pyridine rings is 1. The normalized spacial score (nSPS) is 15.1. The van der Waals surface area contributed by atoms with Crippen molar-refractivity contribution in [3.63, 3.8) is 0 Å². The molecular formula is C23H24FN7O. The summed E-state index contributed by atoms with van der Waals surface area (Å²) in [5.74, 6) is 1.08. The molecule has 0 bridgehead atoms. The van der Waals surface area contributed by atoms with Crippen molar-refractivity contribution in [2.75, 3.05) is 18.4 Å². The number of hydrogen-bond acceptors (Lipinski definition) is 5. The lowest BCUT2D eigenvalue weighted by Gasteiger charge is -2.42. The molecule has 0 saturated carbocycles. The Labute approximate surface area is 184 Å². The summed E-state index contributed by atoms with van der Waals surface area (Å²) in [7, 11) is 0. The number of halogens is 1. The van der Waals surface area contributed by atoms with Crippen LogP contribution in [0.4, 0.5) is 15.9 Å². The Morgan fingerprint density at radius 2 is 1.97 bits per heavy atom. The molecule has 32 heavy (non-hydrogen) atoms. The van der Waals surface area contributed by atoms with Gasteiger partial charge in [0.1, 0.15) is 23.2 Å². The highest BCUT2D eigenvalue weighted by atomic mass is 19.1. The number of amides is 1. The van der Waals surface area contributed by atoms with E-state index >= 15 is 0 Å². The minimum atomic E-state index is -0.664. The predicted octanol–water partition coefficient (Wildman–Crippen LogP) is 3.12. The van der Waals surface area contributed by atoms with Crippen molar-refractivity contribution in [2.24, 2.45) is 5.73 Å². The van der Waals surface area contributed by atoms with Crippen LogP contribution in [0, 0.1) is 5.82 Å². The molecule has 0 saturated heterocycles. The van der Waals surface area contributed by atoms with E-state index in [9.17, 15) is 9.18 Å². The van der Waals surface area contributed by atoms with Gasteiger partial charge >= 0.3 is 0 Å². The number of nitrogens with one attached hydrogen (secondary N) is 1. The van der Waals surface area contributed by atoms with Crippen LogP contribution in [0.5, 0.6) is 0 Å². The lowest BCUT2D eigenvalue weighted by Crippen LogP contribution is -2.53. The first kappa shape index (κ1) is 20.2. The second-order valence-electron chi connectivity index (χ2n) is 8.30. The molecule has 3 aromatic heterocycles. The number of nitrogens with two attached hydrogens (primary N) is 1. The fourth-order valence-corrected chi connectivity index (χ4v) is 4.39. The fraction of sp³-hybridized carbons (Fsp3) is 0.261. The van der Waals surface area contributed by atoms with Crippen LogP contribution in [-0.4, -0.2) is 42.8 Å². The number of hydrogen-bond donors (Lipinski definition) is 2. The number of aromatic nitrogens is 4. The number of fused-ring (bicyclic) bond motifs is 2. The fourth-order valence-electron chi connectivity index (χ4n) is 4.39. The molecule has 4 aromatic rings. The lowest BCUT2D eigenvalue weighted by molar-refractivity contribution is -0.137. The molecule has 1 aliphatic rings. The summed E-state index contributed by atoms with van der Waals surface area (Å²) >= 11 is 0. The zero-order valence-corrected chi connectivity index (χ0v) is 17.9. The maximum Gasteiger partial charge on any atom is 0.237 e. The molecule has 0 radical (unpaired) electrons. The molecule has 1 aliphatic heterocycles. The quantitative estimate of drug-likeness (QED) is 0.516. The van der Waals surface area contributed by atoms with E-state index in [-0.39, 0.29) is 18.3 Å². The van der Waals surface area contributed by atoms with Crippen LogP contribution in [-0.2, 0) is 16.9 Å². The Morgan fingerprint density at radius 1 is 1.19 bits per heavy atom. The number of rotatable bonds is 4. The van der Waals surface area contributed by atoms with Gasteiger partial charge in [0, 0.05) is 37.2 Å². The van der Waals surface area contributed by atoms with Gasteiger partial charge in [0.2, 0.25) is 5.91 Å². The van der Waals surface area contributed by atoms with E-state index in [1.165, 1.54) is 12.1 Å². The van der Waals surface area contributed by atoms with Crippen LogP contribution in [0.3, 0.4) is 0 Å². The van der Waals surface area contributed by atoms with Crippen molar-refractivity contribution in [1.82, 2.24) is 23.8 Å². The summed E-state index contributed by atoms with van der Waals surface area (Å²) in [4.78, 5) is 23.7. The highest BCUT2D eigenvalue weighted by Crippen LogP contribution is 2.39. The first-order valence-electron chi connectivity index (χ1n) is 10.5. The largest absolute Gasteiger partial charge is 0.337 e. The summed E-state index contributed by atoms with van der Waals surface area (Å²) in [6, 6.07) is 10.1. The van der Waals surface area contributed by atoms with E-state index in [1.807, 2.05) is 42.8 Å². The Morgan fingerprint density at radius 3 is 2.72 bits per heavy atom. The molecule has 164 valence electrons. The number of anilines is 2. The Hall–Kier alpha value is -3.72. The Bertz CT molecular complexity index is 1310. The van der Waals surface area contributed by atoms with Gasteiger partial charge in [-0.3, -0.25) is 4.79 Å². The molecule has 3 N–H and O–H groups in total. The predicted molar refractivity (Wildman–Crippen MR) is 120 cm³/mol. The Balaban J connectivity index is 1.68. The average Bonchev–Trinajstić information content (AvgIpc) is 3.40. The summed E-state index contributed by atoms with van der Waals surface area (Å²) in [6.07, 6.45) is 5.55. The molecule has 9 heteroatoms. The van der Waals surface area contributed by atoms with Crippen LogP contribution in [0.2, 0.25) is 0 Å². The molecule has 8 nitrogen and oxygen atoms in total. The van der Waals surface area contributed by atoms with Crippen molar-refractivity contribution >= 4 is 23.1 Å².